The maximum Gasteiger partial charge on any atom is 0.255 e. The van der Waals surface area contributed by atoms with E-state index < -0.39 is 0 Å². The summed E-state index contributed by atoms with van der Waals surface area (Å²) in [4.78, 5) is 17.8. The minimum absolute atomic E-state index is 0.122. The van der Waals surface area contributed by atoms with Crippen molar-refractivity contribution in [3.8, 4) is 5.75 Å². The molecule has 0 saturated heterocycles. The van der Waals surface area contributed by atoms with Gasteiger partial charge in [0.2, 0.25) is 0 Å². The van der Waals surface area contributed by atoms with Gasteiger partial charge in [-0.15, -0.1) is 0 Å². The van der Waals surface area contributed by atoms with Gasteiger partial charge in [-0.1, -0.05) is 23.2 Å². The van der Waals surface area contributed by atoms with Crippen LogP contribution in [0.3, 0.4) is 0 Å². The third kappa shape index (κ3) is 4.83. The average Bonchev–Trinajstić information content (AvgIpc) is 2.51. The molecule has 0 aliphatic rings. The second-order valence-corrected chi connectivity index (χ2v) is 6.74. The first-order valence-corrected chi connectivity index (χ1v) is 8.38. The van der Waals surface area contributed by atoms with Crippen molar-refractivity contribution in [2.45, 2.75) is 6.92 Å². The van der Waals surface area contributed by atoms with Crippen LogP contribution in [0.5, 0.6) is 5.75 Å². The zero-order chi connectivity index (χ0) is 17.0. The third-order valence-corrected chi connectivity index (χ3v) is 4.29. The highest BCUT2D eigenvalue weighted by molar-refractivity contribution is 9.10. The Labute approximate surface area is 153 Å². The van der Waals surface area contributed by atoms with Gasteiger partial charge in [-0.3, -0.25) is 9.78 Å². The van der Waals surface area contributed by atoms with E-state index >= 15 is 0 Å². The summed E-state index contributed by atoms with van der Waals surface area (Å²) < 4.78 is 6.45. The average molecular weight is 418 g/mol. The van der Waals surface area contributed by atoms with E-state index in [2.05, 4.69) is 20.9 Å². The van der Waals surface area contributed by atoms with E-state index in [1.54, 1.807) is 36.3 Å². The molecular weight excluding hydrogens is 403 g/mol. The monoisotopic (exact) mass is 416 g/mol. The summed E-state index contributed by atoms with van der Waals surface area (Å²) in [5.74, 6) is 0.496. The molecule has 2 rings (SSSR count). The Kier molecular flexibility index (Phi) is 6.27. The minimum atomic E-state index is -0.122. The van der Waals surface area contributed by atoms with Gasteiger partial charge in [0.05, 0.1) is 12.1 Å². The van der Waals surface area contributed by atoms with E-state index in [0.717, 1.165) is 10.0 Å². The lowest BCUT2D eigenvalue weighted by atomic mass is 10.2. The highest BCUT2D eigenvalue weighted by Gasteiger charge is 2.13. The van der Waals surface area contributed by atoms with Crippen LogP contribution in [-0.2, 0) is 0 Å². The largest absolute Gasteiger partial charge is 0.491 e. The number of hydrogen-bond acceptors (Lipinski definition) is 3. The van der Waals surface area contributed by atoms with E-state index in [1.165, 1.54) is 6.20 Å². The van der Waals surface area contributed by atoms with Crippen LogP contribution in [-0.4, -0.2) is 36.0 Å². The molecule has 23 heavy (non-hydrogen) atoms. The van der Waals surface area contributed by atoms with E-state index in [9.17, 15) is 4.79 Å². The molecule has 0 bridgehead atoms. The molecular formula is C16H15BrCl2N2O2. The van der Waals surface area contributed by atoms with Crippen molar-refractivity contribution in [3.63, 3.8) is 0 Å². The molecule has 0 N–H and O–H groups in total. The lowest BCUT2D eigenvalue weighted by Crippen LogP contribution is -2.31. The van der Waals surface area contributed by atoms with E-state index in [4.69, 9.17) is 27.9 Å². The predicted octanol–water partition coefficient (Wildman–Crippen LogP) is 4.61. The fraction of sp³-hybridized carbons (Fsp3) is 0.250. The van der Waals surface area contributed by atoms with Gasteiger partial charge >= 0.3 is 0 Å². The third-order valence-electron chi connectivity index (χ3n) is 3.24. The Bertz CT molecular complexity index is 725. The Morgan fingerprint density at radius 3 is 2.74 bits per heavy atom. The number of rotatable bonds is 5. The Morgan fingerprint density at radius 2 is 2.04 bits per heavy atom. The summed E-state index contributed by atoms with van der Waals surface area (Å²) in [6, 6.07) is 5.11. The second kappa shape index (κ2) is 7.99. The molecule has 4 nitrogen and oxygen atoms in total. The van der Waals surface area contributed by atoms with Crippen LogP contribution >= 0.6 is 39.1 Å². The first kappa shape index (κ1) is 18.0. The molecule has 0 aliphatic heterocycles. The molecule has 0 fully saturated rings. The standard InChI is InChI=1S/C16H15BrCl2N2O2/c1-10-14(19)6-13(18)7-15(10)23-4-3-21(2)16(22)11-5-12(17)9-20-8-11/h5-9H,3-4H2,1-2H3. The molecule has 0 unspecified atom stereocenters. The number of nitrogens with zero attached hydrogens (tertiary/aromatic N) is 2. The van der Waals surface area contributed by atoms with Gasteiger partial charge in [0, 0.05) is 39.5 Å². The van der Waals surface area contributed by atoms with E-state index in [0.29, 0.717) is 34.5 Å². The van der Waals surface area contributed by atoms with Crippen molar-refractivity contribution < 1.29 is 9.53 Å². The number of aromatic nitrogens is 1. The number of likely N-dealkylation sites (N-methyl/N-ethyl adjacent to an activating group) is 1. The highest BCUT2D eigenvalue weighted by atomic mass is 79.9. The quantitative estimate of drug-likeness (QED) is 0.713. The molecule has 1 aromatic carbocycles. The summed E-state index contributed by atoms with van der Waals surface area (Å²) in [5, 5.41) is 1.07. The molecule has 0 aliphatic carbocycles. The Balaban J connectivity index is 1.95. The molecule has 1 aromatic heterocycles. The SMILES string of the molecule is Cc1c(Cl)cc(Cl)cc1OCCN(C)C(=O)c1cncc(Br)c1. The van der Waals surface area contributed by atoms with E-state index in [-0.39, 0.29) is 5.91 Å². The smallest absolute Gasteiger partial charge is 0.255 e. The topological polar surface area (TPSA) is 42.4 Å². The summed E-state index contributed by atoms with van der Waals surface area (Å²) in [5.41, 5.74) is 1.34. The molecule has 7 heteroatoms. The Morgan fingerprint density at radius 1 is 1.30 bits per heavy atom. The predicted molar refractivity (Wildman–Crippen MR) is 95.6 cm³/mol. The van der Waals surface area contributed by atoms with Gasteiger partial charge in [0.15, 0.2) is 0 Å². The first-order chi connectivity index (χ1) is 10.9. The number of ether oxygens (including phenoxy) is 1. The second-order valence-electron chi connectivity index (χ2n) is 4.98. The van der Waals surface area contributed by atoms with Gasteiger partial charge in [0.25, 0.3) is 5.91 Å². The van der Waals surface area contributed by atoms with Crippen molar-refractivity contribution in [2.75, 3.05) is 20.2 Å². The van der Waals surface area contributed by atoms with Crippen LogP contribution in [0.1, 0.15) is 15.9 Å². The minimum Gasteiger partial charge on any atom is -0.491 e. The number of carbonyl (C=O) groups is 1. The highest BCUT2D eigenvalue weighted by Crippen LogP contribution is 2.30. The summed E-state index contributed by atoms with van der Waals surface area (Å²) in [7, 11) is 1.71. The molecule has 0 atom stereocenters. The van der Waals surface area contributed by atoms with E-state index in [1.807, 2.05) is 6.92 Å². The van der Waals surface area contributed by atoms with Crippen molar-refractivity contribution in [2.24, 2.45) is 0 Å². The van der Waals surface area contributed by atoms with Crippen molar-refractivity contribution >= 4 is 45.0 Å². The molecule has 122 valence electrons. The number of halogens is 3. The van der Waals surface area contributed by atoms with Gasteiger partial charge in [-0.2, -0.15) is 0 Å². The number of pyridine rings is 1. The number of benzene rings is 1. The van der Waals surface area contributed by atoms with Gasteiger partial charge in [-0.25, -0.2) is 0 Å². The van der Waals surface area contributed by atoms with Crippen molar-refractivity contribution in [3.05, 3.63) is 56.2 Å². The van der Waals surface area contributed by atoms with Crippen LogP contribution in [0.15, 0.2) is 35.1 Å². The summed E-state index contributed by atoms with van der Waals surface area (Å²) in [6.45, 7) is 2.62. The van der Waals surface area contributed by atoms with Gasteiger partial charge in [-0.05, 0) is 41.1 Å². The molecule has 1 heterocycles. The number of hydrogen-bond donors (Lipinski definition) is 0. The van der Waals surface area contributed by atoms with Crippen molar-refractivity contribution in [1.82, 2.24) is 9.88 Å². The first-order valence-electron chi connectivity index (χ1n) is 6.83. The lowest BCUT2D eigenvalue weighted by Gasteiger charge is -2.18. The zero-order valence-corrected chi connectivity index (χ0v) is 15.7. The number of carbonyl (C=O) groups excluding carboxylic acids is 1. The zero-order valence-electron chi connectivity index (χ0n) is 12.6. The fourth-order valence-corrected chi connectivity index (χ4v) is 2.75. The lowest BCUT2D eigenvalue weighted by molar-refractivity contribution is 0.0773. The van der Waals surface area contributed by atoms with Crippen molar-refractivity contribution in [1.29, 1.82) is 0 Å². The van der Waals surface area contributed by atoms with Crippen LogP contribution in [0, 0.1) is 6.92 Å². The molecule has 0 saturated carbocycles. The Hall–Kier alpha value is -1.30. The molecule has 1 amide bonds. The van der Waals surface area contributed by atoms with Gasteiger partial charge < -0.3 is 9.64 Å². The van der Waals surface area contributed by atoms with Gasteiger partial charge in [0.1, 0.15) is 12.4 Å². The normalized spacial score (nSPS) is 10.5. The number of amides is 1. The maximum absolute atomic E-state index is 12.3. The summed E-state index contributed by atoms with van der Waals surface area (Å²) >= 11 is 15.3. The summed E-state index contributed by atoms with van der Waals surface area (Å²) in [6.07, 6.45) is 3.16. The maximum atomic E-state index is 12.3. The van der Waals surface area contributed by atoms with Crippen LogP contribution in [0.25, 0.3) is 0 Å². The van der Waals surface area contributed by atoms with Crippen LogP contribution in [0.2, 0.25) is 10.0 Å². The molecule has 2 aromatic rings. The van der Waals surface area contributed by atoms with Crippen LogP contribution in [0.4, 0.5) is 0 Å². The molecule has 0 radical (unpaired) electrons. The molecule has 0 spiro atoms. The van der Waals surface area contributed by atoms with Crippen LogP contribution < -0.4 is 4.74 Å². The fourth-order valence-electron chi connectivity index (χ4n) is 1.92.